The van der Waals surface area contributed by atoms with Crippen LogP contribution in [0.2, 0.25) is 0 Å². The monoisotopic (exact) mass is 332 g/mol. The van der Waals surface area contributed by atoms with Crippen molar-refractivity contribution in [2.75, 3.05) is 13.6 Å². The average Bonchev–Trinajstić information content (AvgIpc) is 3.12. The summed E-state index contributed by atoms with van der Waals surface area (Å²) in [6.07, 6.45) is 1.29. The molecular formula is C18H21FN2OS. The van der Waals surface area contributed by atoms with Crippen LogP contribution in [0.5, 0.6) is 0 Å². The number of hydrogen-bond donors (Lipinski definition) is 1. The first-order chi connectivity index (χ1) is 11.0. The Bertz CT molecular complexity index is 686. The molecule has 1 aliphatic heterocycles. The maximum absolute atomic E-state index is 13.9. The molecule has 1 N–H and O–H groups in total. The Balaban J connectivity index is 1.73. The minimum absolute atomic E-state index is 0.0227. The Morgan fingerprint density at radius 3 is 2.96 bits per heavy atom. The van der Waals surface area contributed by atoms with E-state index in [2.05, 4.69) is 10.2 Å². The molecule has 1 fully saturated rings. The lowest BCUT2D eigenvalue weighted by atomic mass is 9.98. The molecule has 0 saturated carbocycles. The van der Waals surface area contributed by atoms with Crippen LogP contribution in [0.4, 0.5) is 4.39 Å². The first-order valence-electron chi connectivity index (χ1n) is 7.82. The number of carbonyl (C=O) groups excluding carboxylic acids is 1. The molecule has 2 heterocycles. The molecule has 1 amide bonds. The van der Waals surface area contributed by atoms with Gasteiger partial charge < -0.3 is 5.32 Å². The standard InChI is InChI=1S/C18H21FN2OS/c1-12-5-6-13(10-15(12)19)18-16(7-8-21(18)2)20-17(22)11-14-4-3-9-23-14/h3-6,9-10,16,18H,7-8,11H2,1-2H3,(H,20,22). The summed E-state index contributed by atoms with van der Waals surface area (Å²) in [5.74, 6) is -0.156. The number of halogens is 1. The Hall–Kier alpha value is -1.72. The smallest absolute Gasteiger partial charge is 0.225 e. The van der Waals surface area contributed by atoms with Gasteiger partial charge in [-0.2, -0.15) is 0 Å². The first kappa shape index (κ1) is 16.1. The highest BCUT2D eigenvalue weighted by Crippen LogP contribution is 2.31. The van der Waals surface area contributed by atoms with Crippen molar-refractivity contribution in [3.8, 4) is 0 Å². The second-order valence-electron chi connectivity index (χ2n) is 6.15. The van der Waals surface area contributed by atoms with E-state index in [0.717, 1.165) is 23.4 Å². The molecule has 23 heavy (non-hydrogen) atoms. The summed E-state index contributed by atoms with van der Waals surface area (Å²) in [5, 5.41) is 5.11. The van der Waals surface area contributed by atoms with E-state index in [9.17, 15) is 9.18 Å². The highest BCUT2D eigenvalue weighted by molar-refractivity contribution is 7.10. The van der Waals surface area contributed by atoms with Gasteiger partial charge in [-0.1, -0.05) is 18.2 Å². The van der Waals surface area contributed by atoms with E-state index < -0.39 is 0 Å². The molecule has 0 aliphatic carbocycles. The molecule has 2 aromatic rings. The van der Waals surface area contributed by atoms with E-state index in [1.54, 1.807) is 30.4 Å². The first-order valence-corrected chi connectivity index (χ1v) is 8.70. The lowest BCUT2D eigenvalue weighted by molar-refractivity contribution is -0.121. The largest absolute Gasteiger partial charge is 0.351 e. The predicted octanol–water partition coefficient (Wildman–Crippen LogP) is 3.30. The quantitative estimate of drug-likeness (QED) is 0.932. The normalized spacial score (nSPS) is 21.5. The van der Waals surface area contributed by atoms with Gasteiger partial charge in [0.05, 0.1) is 12.5 Å². The molecule has 1 aromatic heterocycles. The Labute approximate surface area is 140 Å². The lowest BCUT2D eigenvalue weighted by Gasteiger charge is -2.26. The van der Waals surface area contributed by atoms with E-state index in [1.807, 2.05) is 30.6 Å². The van der Waals surface area contributed by atoms with E-state index in [0.29, 0.717) is 12.0 Å². The predicted molar refractivity (Wildman–Crippen MR) is 91.1 cm³/mol. The SMILES string of the molecule is Cc1ccc(C2C(NC(=O)Cc3cccs3)CCN2C)cc1F. The maximum atomic E-state index is 13.9. The number of likely N-dealkylation sites (N-methyl/N-ethyl adjacent to an activating group) is 1. The highest BCUT2D eigenvalue weighted by Gasteiger charge is 2.34. The molecule has 2 atom stereocenters. The summed E-state index contributed by atoms with van der Waals surface area (Å²) in [7, 11) is 2.02. The van der Waals surface area contributed by atoms with Crippen LogP contribution in [0.1, 0.15) is 28.5 Å². The van der Waals surface area contributed by atoms with Gasteiger partial charge in [0.2, 0.25) is 5.91 Å². The molecule has 1 aromatic carbocycles. The maximum Gasteiger partial charge on any atom is 0.225 e. The number of thiophene rings is 1. The van der Waals surface area contributed by atoms with E-state index in [-0.39, 0.29) is 23.8 Å². The Kier molecular flexibility index (Phi) is 4.78. The van der Waals surface area contributed by atoms with Crippen LogP contribution in [-0.4, -0.2) is 30.4 Å². The summed E-state index contributed by atoms with van der Waals surface area (Å²) in [6, 6.07) is 9.34. The molecular weight excluding hydrogens is 311 g/mol. The van der Waals surface area contributed by atoms with Crippen LogP contribution in [-0.2, 0) is 11.2 Å². The zero-order chi connectivity index (χ0) is 16.4. The summed E-state index contributed by atoms with van der Waals surface area (Å²) in [6.45, 7) is 2.65. The molecule has 0 spiro atoms. The number of hydrogen-bond acceptors (Lipinski definition) is 3. The second kappa shape index (κ2) is 6.81. The molecule has 3 rings (SSSR count). The van der Waals surface area contributed by atoms with Crippen molar-refractivity contribution < 1.29 is 9.18 Å². The van der Waals surface area contributed by atoms with Gasteiger partial charge in [0.1, 0.15) is 5.82 Å². The summed E-state index contributed by atoms with van der Waals surface area (Å²) >= 11 is 1.59. The minimum atomic E-state index is -0.188. The number of likely N-dealkylation sites (tertiary alicyclic amines) is 1. The number of rotatable bonds is 4. The van der Waals surface area contributed by atoms with Crippen molar-refractivity contribution in [3.05, 3.63) is 57.5 Å². The van der Waals surface area contributed by atoms with Crippen molar-refractivity contribution in [3.63, 3.8) is 0 Å². The van der Waals surface area contributed by atoms with Gasteiger partial charge in [-0.3, -0.25) is 9.69 Å². The zero-order valence-corrected chi connectivity index (χ0v) is 14.2. The third kappa shape index (κ3) is 3.62. The van der Waals surface area contributed by atoms with E-state index in [4.69, 9.17) is 0 Å². The zero-order valence-electron chi connectivity index (χ0n) is 13.4. The lowest BCUT2D eigenvalue weighted by Crippen LogP contribution is -2.39. The number of carbonyl (C=O) groups is 1. The van der Waals surface area contributed by atoms with E-state index in [1.165, 1.54) is 0 Å². The second-order valence-corrected chi connectivity index (χ2v) is 7.19. The minimum Gasteiger partial charge on any atom is -0.351 e. The van der Waals surface area contributed by atoms with Crippen molar-refractivity contribution in [1.82, 2.24) is 10.2 Å². The number of nitrogens with zero attached hydrogens (tertiary/aromatic N) is 1. The fourth-order valence-electron chi connectivity index (χ4n) is 3.21. The molecule has 122 valence electrons. The van der Waals surface area contributed by atoms with Crippen molar-refractivity contribution in [1.29, 1.82) is 0 Å². The van der Waals surface area contributed by atoms with Crippen LogP contribution >= 0.6 is 11.3 Å². The molecule has 3 nitrogen and oxygen atoms in total. The molecule has 5 heteroatoms. The molecule has 0 radical (unpaired) electrons. The van der Waals surface area contributed by atoms with Gasteiger partial charge >= 0.3 is 0 Å². The summed E-state index contributed by atoms with van der Waals surface area (Å²) < 4.78 is 13.9. The Morgan fingerprint density at radius 2 is 2.26 bits per heavy atom. The fourth-order valence-corrected chi connectivity index (χ4v) is 3.91. The summed E-state index contributed by atoms with van der Waals surface area (Å²) in [4.78, 5) is 15.5. The molecule has 1 saturated heterocycles. The molecule has 2 unspecified atom stereocenters. The van der Waals surface area contributed by atoms with Gasteiger partial charge in [0.25, 0.3) is 0 Å². The number of benzene rings is 1. The van der Waals surface area contributed by atoms with Crippen LogP contribution < -0.4 is 5.32 Å². The number of nitrogens with one attached hydrogen (secondary N) is 1. The van der Waals surface area contributed by atoms with Gasteiger partial charge in [0, 0.05) is 17.5 Å². The highest BCUT2D eigenvalue weighted by atomic mass is 32.1. The fraction of sp³-hybridized carbons (Fsp3) is 0.389. The van der Waals surface area contributed by atoms with Gasteiger partial charge in [-0.25, -0.2) is 4.39 Å². The van der Waals surface area contributed by atoms with E-state index >= 15 is 0 Å². The van der Waals surface area contributed by atoms with Gasteiger partial charge in [0.15, 0.2) is 0 Å². The van der Waals surface area contributed by atoms with Crippen molar-refractivity contribution in [2.24, 2.45) is 0 Å². The Morgan fingerprint density at radius 1 is 1.43 bits per heavy atom. The number of aryl methyl sites for hydroxylation is 1. The third-order valence-electron chi connectivity index (χ3n) is 4.45. The molecule has 1 aliphatic rings. The van der Waals surface area contributed by atoms with Crippen molar-refractivity contribution in [2.45, 2.75) is 31.8 Å². The third-order valence-corrected chi connectivity index (χ3v) is 5.32. The number of amides is 1. The van der Waals surface area contributed by atoms with Crippen LogP contribution in [0.3, 0.4) is 0 Å². The average molecular weight is 332 g/mol. The van der Waals surface area contributed by atoms with Crippen LogP contribution in [0, 0.1) is 12.7 Å². The van der Waals surface area contributed by atoms with Gasteiger partial charge in [-0.15, -0.1) is 11.3 Å². The van der Waals surface area contributed by atoms with Crippen LogP contribution in [0.25, 0.3) is 0 Å². The molecule has 0 bridgehead atoms. The van der Waals surface area contributed by atoms with Crippen LogP contribution in [0.15, 0.2) is 35.7 Å². The van der Waals surface area contributed by atoms with Crippen molar-refractivity contribution >= 4 is 17.2 Å². The van der Waals surface area contributed by atoms with Gasteiger partial charge in [-0.05, 0) is 49.0 Å². The summed E-state index contributed by atoms with van der Waals surface area (Å²) in [5.41, 5.74) is 1.57. The topological polar surface area (TPSA) is 32.3 Å².